The van der Waals surface area contributed by atoms with Crippen LogP contribution in [0, 0.1) is 11.3 Å². The van der Waals surface area contributed by atoms with Crippen LogP contribution in [-0.2, 0) is 9.53 Å². The Morgan fingerprint density at radius 1 is 1.45 bits per heavy atom. The molecule has 0 bridgehead atoms. The van der Waals surface area contributed by atoms with Gasteiger partial charge in [-0.2, -0.15) is 0 Å². The summed E-state index contributed by atoms with van der Waals surface area (Å²) in [5.74, 6) is 0.118. The molecule has 0 spiro atoms. The van der Waals surface area contributed by atoms with Gasteiger partial charge in [-0.1, -0.05) is 38.7 Å². The molecule has 0 heterocycles. The normalized spacial score (nSPS) is 26.7. The molecular formula is C15H27N3O2. The summed E-state index contributed by atoms with van der Waals surface area (Å²) in [5.41, 5.74) is 8.62. The zero-order chi connectivity index (χ0) is 15.2. The van der Waals surface area contributed by atoms with Crippen LogP contribution in [0.4, 0.5) is 0 Å². The first-order valence-electron chi connectivity index (χ1n) is 7.57. The Bertz CT molecular complexity index is 383. The number of azide groups is 1. The number of nitrogens with zero attached hydrogens (tertiary/aromatic N) is 3. The van der Waals surface area contributed by atoms with Gasteiger partial charge in [0.05, 0.1) is 12.1 Å². The largest absolute Gasteiger partial charge is 0.466 e. The third-order valence-corrected chi connectivity index (χ3v) is 4.36. The molecule has 5 heteroatoms. The second-order valence-electron chi connectivity index (χ2n) is 6.76. The van der Waals surface area contributed by atoms with Crippen LogP contribution in [0.2, 0.25) is 0 Å². The molecule has 0 unspecified atom stereocenters. The summed E-state index contributed by atoms with van der Waals surface area (Å²) < 4.78 is 5.00. The highest BCUT2D eigenvalue weighted by Crippen LogP contribution is 2.48. The first-order chi connectivity index (χ1) is 9.35. The fraction of sp³-hybridized carbons (Fsp3) is 0.933. The predicted octanol–water partition coefficient (Wildman–Crippen LogP) is 4.62. The lowest BCUT2D eigenvalue weighted by molar-refractivity contribution is -0.143. The van der Waals surface area contributed by atoms with E-state index in [0.717, 1.165) is 19.3 Å². The van der Waals surface area contributed by atoms with E-state index in [9.17, 15) is 4.79 Å². The molecule has 0 N–H and O–H groups in total. The summed E-state index contributed by atoms with van der Waals surface area (Å²) in [6, 6.07) is 0. The van der Waals surface area contributed by atoms with Crippen molar-refractivity contribution in [3.63, 3.8) is 0 Å². The average Bonchev–Trinajstić information content (AvgIpc) is 2.36. The number of hydrogen-bond donors (Lipinski definition) is 0. The number of carbonyl (C=O) groups excluding carboxylic acids is 1. The summed E-state index contributed by atoms with van der Waals surface area (Å²) in [6.45, 7) is 8.77. The number of ether oxygens (including phenoxy) is 1. The monoisotopic (exact) mass is 281 g/mol. The molecule has 0 aliphatic heterocycles. The Morgan fingerprint density at radius 2 is 2.15 bits per heavy atom. The third-order valence-electron chi connectivity index (χ3n) is 4.36. The van der Waals surface area contributed by atoms with Gasteiger partial charge in [-0.15, -0.1) is 0 Å². The minimum atomic E-state index is -0.433. The van der Waals surface area contributed by atoms with Gasteiger partial charge in [-0.05, 0) is 43.1 Å². The maximum absolute atomic E-state index is 11.6. The third kappa shape index (κ3) is 4.14. The molecule has 0 aromatic rings. The summed E-state index contributed by atoms with van der Waals surface area (Å²) >= 11 is 0. The summed E-state index contributed by atoms with van der Waals surface area (Å²) in [7, 11) is 0. The smallest absolute Gasteiger partial charge is 0.305 e. The van der Waals surface area contributed by atoms with Crippen molar-refractivity contribution in [1.29, 1.82) is 0 Å². The fourth-order valence-electron chi connectivity index (χ4n) is 3.57. The average molecular weight is 281 g/mol. The van der Waals surface area contributed by atoms with E-state index in [1.165, 1.54) is 6.42 Å². The summed E-state index contributed by atoms with van der Waals surface area (Å²) in [6.07, 6.45) is 5.10. The van der Waals surface area contributed by atoms with Crippen LogP contribution in [0.5, 0.6) is 0 Å². The van der Waals surface area contributed by atoms with E-state index < -0.39 is 5.54 Å². The van der Waals surface area contributed by atoms with E-state index in [4.69, 9.17) is 10.3 Å². The van der Waals surface area contributed by atoms with Crippen molar-refractivity contribution in [2.45, 2.75) is 71.8 Å². The zero-order valence-corrected chi connectivity index (χ0v) is 13.2. The minimum absolute atomic E-state index is 0.0727. The number of hydrogen-bond acceptors (Lipinski definition) is 3. The van der Waals surface area contributed by atoms with Gasteiger partial charge in [0, 0.05) is 11.3 Å². The molecule has 5 nitrogen and oxygen atoms in total. The Kier molecular flexibility index (Phi) is 5.88. The van der Waals surface area contributed by atoms with E-state index in [-0.39, 0.29) is 11.4 Å². The van der Waals surface area contributed by atoms with Crippen molar-refractivity contribution in [3.05, 3.63) is 10.4 Å². The van der Waals surface area contributed by atoms with Crippen molar-refractivity contribution in [1.82, 2.24) is 0 Å². The molecule has 1 saturated carbocycles. The molecule has 1 fully saturated rings. The highest BCUT2D eigenvalue weighted by atomic mass is 16.5. The number of rotatable bonds is 5. The summed E-state index contributed by atoms with van der Waals surface area (Å²) in [4.78, 5) is 14.7. The fourth-order valence-corrected chi connectivity index (χ4v) is 3.57. The molecule has 0 saturated heterocycles. The molecule has 1 rings (SSSR count). The Morgan fingerprint density at radius 3 is 2.70 bits per heavy atom. The molecule has 1 aliphatic carbocycles. The molecule has 0 amide bonds. The maximum Gasteiger partial charge on any atom is 0.305 e. The number of esters is 1. The lowest BCUT2D eigenvalue weighted by Crippen LogP contribution is -2.45. The Balaban J connectivity index is 2.92. The van der Waals surface area contributed by atoms with Crippen molar-refractivity contribution < 1.29 is 9.53 Å². The van der Waals surface area contributed by atoms with Crippen LogP contribution in [0.1, 0.15) is 66.2 Å². The summed E-state index contributed by atoms with van der Waals surface area (Å²) in [5, 5.41) is 4.17. The SMILES string of the molecule is CCOC(=O)CC[C@]1(N=[N+]=[N-])CCCC[C@@H]1C(C)(C)C. The Hall–Kier alpha value is -1.22. The van der Waals surface area contributed by atoms with Gasteiger partial charge in [0.25, 0.3) is 0 Å². The molecule has 1 aliphatic rings. The van der Waals surface area contributed by atoms with Gasteiger partial charge in [-0.25, -0.2) is 0 Å². The highest BCUT2D eigenvalue weighted by molar-refractivity contribution is 5.69. The Labute approximate surface area is 121 Å². The molecular weight excluding hydrogens is 254 g/mol. The van der Waals surface area contributed by atoms with Crippen LogP contribution in [0.15, 0.2) is 5.11 Å². The quantitative estimate of drug-likeness (QED) is 0.319. The highest BCUT2D eigenvalue weighted by Gasteiger charge is 2.45. The van der Waals surface area contributed by atoms with Gasteiger partial charge in [0.2, 0.25) is 0 Å². The van der Waals surface area contributed by atoms with E-state index in [0.29, 0.717) is 25.4 Å². The second-order valence-corrected chi connectivity index (χ2v) is 6.76. The first-order valence-corrected chi connectivity index (χ1v) is 7.57. The van der Waals surface area contributed by atoms with Crippen LogP contribution in [0.25, 0.3) is 10.4 Å². The van der Waals surface area contributed by atoms with Gasteiger partial charge in [0.15, 0.2) is 0 Å². The minimum Gasteiger partial charge on any atom is -0.466 e. The van der Waals surface area contributed by atoms with Gasteiger partial charge < -0.3 is 4.74 Å². The van der Waals surface area contributed by atoms with Crippen molar-refractivity contribution >= 4 is 5.97 Å². The zero-order valence-electron chi connectivity index (χ0n) is 13.2. The molecule has 0 aromatic carbocycles. The van der Waals surface area contributed by atoms with E-state index in [1.54, 1.807) is 6.92 Å². The van der Waals surface area contributed by atoms with Crippen LogP contribution in [0.3, 0.4) is 0 Å². The van der Waals surface area contributed by atoms with Gasteiger partial charge in [-0.3, -0.25) is 4.79 Å². The molecule has 0 aromatic heterocycles. The van der Waals surface area contributed by atoms with E-state index in [2.05, 4.69) is 30.8 Å². The molecule has 0 radical (unpaired) electrons. The van der Waals surface area contributed by atoms with Gasteiger partial charge in [0.1, 0.15) is 0 Å². The van der Waals surface area contributed by atoms with E-state index in [1.807, 2.05) is 0 Å². The number of carbonyl (C=O) groups is 1. The molecule has 114 valence electrons. The van der Waals surface area contributed by atoms with Crippen molar-refractivity contribution in [2.24, 2.45) is 16.4 Å². The predicted molar refractivity (Wildman–Crippen MR) is 79.2 cm³/mol. The molecule has 20 heavy (non-hydrogen) atoms. The molecule has 2 atom stereocenters. The van der Waals surface area contributed by atoms with E-state index >= 15 is 0 Å². The lowest BCUT2D eigenvalue weighted by atomic mass is 9.61. The first kappa shape index (κ1) is 16.8. The van der Waals surface area contributed by atoms with Crippen LogP contribution >= 0.6 is 0 Å². The van der Waals surface area contributed by atoms with Crippen molar-refractivity contribution in [2.75, 3.05) is 6.61 Å². The van der Waals surface area contributed by atoms with Gasteiger partial charge >= 0.3 is 5.97 Å². The van der Waals surface area contributed by atoms with Crippen LogP contribution < -0.4 is 0 Å². The van der Waals surface area contributed by atoms with Crippen molar-refractivity contribution in [3.8, 4) is 0 Å². The second kappa shape index (κ2) is 6.98. The standard InChI is InChI=1S/C15H27N3O2/c1-5-20-13(19)9-11-15(17-18-16)10-7-6-8-12(15)14(2,3)4/h12H,5-11H2,1-4H3/t12-,15-/m1/s1. The maximum atomic E-state index is 11.6. The van der Waals surface area contributed by atoms with Crippen LogP contribution in [-0.4, -0.2) is 18.1 Å². The lowest BCUT2D eigenvalue weighted by Gasteiger charge is -2.47. The topological polar surface area (TPSA) is 75.1 Å².